The van der Waals surface area contributed by atoms with Crippen LogP contribution in [0.15, 0.2) is 22.0 Å². The van der Waals surface area contributed by atoms with Crippen molar-refractivity contribution in [2.24, 2.45) is 0 Å². The lowest BCUT2D eigenvalue weighted by Crippen LogP contribution is -2.35. The van der Waals surface area contributed by atoms with Crippen LogP contribution in [0.3, 0.4) is 0 Å². The van der Waals surface area contributed by atoms with E-state index in [-0.39, 0.29) is 17.5 Å². The molecule has 1 fully saturated rings. The molecule has 1 aliphatic heterocycles. The highest BCUT2D eigenvalue weighted by atomic mass is 32.2. The summed E-state index contributed by atoms with van der Waals surface area (Å²) in [7, 11) is -2.91. The first-order valence-electron chi connectivity index (χ1n) is 6.78. The van der Waals surface area contributed by atoms with Gasteiger partial charge in [0.25, 0.3) is 0 Å². The Bertz CT molecular complexity index is 694. The molecule has 0 N–H and O–H groups in total. The highest BCUT2D eigenvalue weighted by molar-refractivity contribution is 7.91. The van der Waals surface area contributed by atoms with Gasteiger partial charge in [-0.3, -0.25) is 4.90 Å². The third kappa shape index (κ3) is 3.69. The zero-order valence-corrected chi connectivity index (χ0v) is 13.4. The maximum atomic E-state index is 11.7. The van der Waals surface area contributed by atoms with Crippen LogP contribution in [0.25, 0.3) is 0 Å². The van der Waals surface area contributed by atoms with Gasteiger partial charge in [-0.25, -0.2) is 8.42 Å². The summed E-state index contributed by atoms with van der Waals surface area (Å²) in [4.78, 5) is 7.55. The Morgan fingerprint density at radius 3 is 2.90 bits per heavy atom. The lowest BCUT2D eigenvalue weighted by molar-refractivity contribution is 0.170. The number of aromatic nitrogens is 2. The van der Waals surface area contributed by atoms with E-state index in [2.05, 4.69) is 21.1 Å². The fourth-order valence-corrected chi connectivity index (χ4v) is 5.05. The van der Waals surface area contributed by atoms with E-state index < -0.39 is 9.84 Å². The molecule has 0 amide bonds. The van der Waals surface area contributed by atoms with Crippen molar-refractivity contribution in [2.45, 2.75) is 32.5 Å². The second kappa shape index (κ2) is 5.86. The molecule has 1 saturated heterocycles. The molecule has 1 atom stereocenters. The summed E-state index contributed by atoms with van der Waals surface area (Å²) in [5, 5.41) is 5.82. The van der Waals surface area contributed by atoms with E-state index in [1.54, 1.807) is 18.3 Å². The van der Waals surface area contributed by atoms with Gasteiger partial charge in [0.1, 0.15) is 0 Å². The van der Waals surface area contributed by atoms with Crippen LogP contribution in [0.5, 0.6) is 0 Å². The molecule has 3 rings (SSSR count). The Balaban J connectivity index is 1.77. The molecule has 2 aromatic rings. The lowest BCUT2D eigenvalue weighted by atomic mass is 10.2. The third-order valence-corrected chi connectivity index (χ3v) is 6.18. The van der Waals surface area contributed by atoms with Crippen molar-refractivity contribution in [1.82, 2.24) is 15.0 Å². The molecule has 0 bridgehead atoms. The highest BCUT2D eigenvalue weighted by Gasteiger charge is 2.33. The lowest BCUT2D eigenvalue weighted by Gasteiger charge is -2.25. The molecular weight excluding hydrogens is 310 g/mol. The smallest absolute Gasteiger partial charge is 0.240 e. The van der Waals surface area contributed by atoms with Gasteiger partial charge in [-0.1, -0.05) is 11.2 Å². The zero-order valence-electron chi connectivity index (χ0n) is 11.7. The predicted octanol–water partition coefficient (Wildman–Crippen LogP) is 1.63. The van der Waals surface area contributed by atoms with E-state index in [1.807, 2.05) is 11.4 Å². The molecular formula is C13H17N3O3S2. The minimum atomic E-state index is -2.91. The summed E-state index contributed by atoms with van der Waals surface area (Å²) >= 11 is 1.67. The van der Waals surface area contributed by atoms with Gasteiger partial charge in [0.15, 0.2) is 15.7 Å². The quantitative estimate of drug-likeness (QED) is 0.831. The predicted molar refractivity (Wildman–Crippen MR) is 79.7 cm³/mol. The number of hydrogen-bond acceptors (Lipinski definition) is 7. The highest BCUT2D eigenvalue weighted by Crippen LogP contribution is 2.23. The number of thiophene rings is 1. The summed E-state index contributed by atoms with van der Waals surface area (Å²) in [6.07, 6.45) is 0.667. The molecule has 2 aromatic heterocycles. The largest absolute Gasteiger partial charge is 0.338 e. The molecule has 3 heterocycles. The van der Waals surface area contributed by atoms with Gasteiger partial charge in [-0.2, -0.15) is 4.98 Å². The molecule has 114 valence electrons. The van der Waals surface area contributed by atoms with Crippen molar-refractivity contribution < 1.29 is 12.9 Å². The topological polar surface area (TPSA) is 76.3 Å². The van der Waals surface area contributed by atoms with Crippen LogP contribution in [0.2, 0.25) is 0 Å². The number of hydrogen-bond donors (Lipinski definition) is 0. The fourth-order valence-electron chi connectivity index (χ4n) is 2.56. The first-order chi connectivity index (χ1) is 10.0. The molecule has 21 heavy (non-hydrogen) atoms. The second-order valence-corrected chi connectivity index (χ2v) is 8.54. The minimum absolute atomic E-state index is 0.0179. The van der Waals surface area contributed by atoms with E-state index in [4.69, 9.17) is 4.52 Å². The van der Waals surface area contributed by atoms with Crippen LogP contribution >= 0.6 is 11.3 Å². The monoisotopic (exact) mass is 327 g/mol. The van der Waals surface area contributed by atoms with Crippen molar-refractivity contribution in [3.05, 3.63) is 34.1 Å². The number of nitrogens with zero attached hydrogens (tertiary/aromatic N) is 3. The van der Waals surface area contributed by atoms with E-state index >= 15 is 0 Å². The van der Waals surface area contributed by atoms with Crippen molar-refractivity contribution in [1.29, 1.82) is 0 Å². The van der Waals surface area contributed by atoms with E-state index in [0.717, 1.165) is 0 Å². The Hall–Kier alpha value is -1.25. The van der Waals surface area contributed by atoms with Crippen LogP contribution in [-0.4, -0.2) is 41.0 Å². The second-order valence-electron chi connectivity index (χ2n) is 5.28. The maximum Gasteiger partial charge on any atom is 0.240 e. The molecule has 1 aliphatic rings. The van der Waals surface area contributed by atoms with Gasteiger partial charge in [0.2, 0.25) is 5.89 Å². The van der Waals surface area contributed by atoms with Crippen molar-refractivity contribution in [2.75, 3.05) is 11.5 Å². The summed E-state index contributed by atoms with van der Waals surface area (Å²) in [6, 6.07) is 4.07. The van der Waals surface area contributed by atoms with Crippen molar-refractivity contribution >= 4 is 21.2 Å². The van der Waals surface area contributed by atoms with Crippen molar-refractivity contribution in [3.63, 3.8) is 0 Å². The molecule has 0 aromatic carbocycles. The average Bonchev–Trinajstić information content (AvgIpc) is 3.11. The molecule has 0 unspecified atom stereocenters. The van der Waals surface area contributed by atoms with E-state index in [9.17, 15) is 8.42 Å². The van der Waals surface area contributed by atoms with Gasteiger partial charge in [-0.05, 0) is 24.8 Å². The van der Waals surface area contributed by atoms with Crippen LogP contribution in [0, 0.1) is 6.92 Å². The summed E-state index contributed by atoms with van der Waals surface area (Å²) < 4.78 is 28.6. The maximum absolute atomic E-state index is 11.7. The average molecular weight is 327 g/mol. The normalized spacial score (nSPS) is 21.1. The van der Waals surface area contributed by atoms with Crippen LogP contribution in [0.1, 0.15) is 23.0 Å². The van der Waals surface area contributed by atoms with Crippen LogP contribution in [-0.2, 0) is 22.9 Å². The van der Waals surface area contributed by atoms with Gasteiger partial charge in [-0.15, -0.1) is 11.3 Å². The molecule has 0 aliphatic carbocycles. The Morgan fingerprint density at radius 2 is 2.33 bits per heavy atom. The standard InChI is InChI=1S/C13H17N3O3S2/c1-10-14-13(19-15-10)8-16(7-12-3-2-5-20-12)11-4-6-21(17,18)9-11/h2-3,5,11H,4,6-9H2,1H3/t11-/m0/s1. The Morgan fingerprint density at radius 1 is 1.48 bits per heavy atom. The molecule has 0 saturated carbocycles. The SMILES string of the molecule is Cc1noc(CN(Cc2cccs2)[C@H]2CCS(=O)(=O)C2)n1. The number of sulfone groups is 1. The molecule has 6 nitrogen and oxygen atoms in total. The fraction of sp³-hybridized carbons (Fsp3) is 0.538. The summed E-state index contributed by atoms with van der Waals surface area (Å²) in [5.74, 6) is 1.61. The zero-order chi connectivity index (χ0) is 14.9. The first-order valence-corrected chi connectivity index (χ1v) is 9.48. The summed E-state index contributed by atoms with van der Waals surface area (Å²) in [6.45, 7) is 2.97. The Kier molecular flexibility index (Phi) is 4.10. The Labute approximate surface area is 127 Å². The summed E-state index contributed by atoms with van der Waals surface area (Å²) in [5.41, 5.74) is 0. The van der Waals surface area contributed by atoms with E-state index in [0.29, 0.717) is 31.2 Å². The van der Waals surface area contributed by atoms with E-state index in [1.165, 1.54) is 4.88 Å². The minimum Gasteiger partial charge on any atom is -0.338 e. The van der Waals surface area contributed by atoms with Gasteiger partial charge < -0.3 is 4.52 Å². The third-order valence-electron chi connectivity index (χ3n) is 3.57. The molecule has 0 radical (unpaired) electrons. The van der Waals surface area contributed by atoms with Gasteiger partial charge in [0, 0.05) is 17.5 Å². The number of aryl methyl sites for hydroxylation is 1. The first kappa shape index (κ1) is 14.7. The van der Waals surface area contributed by atoms with Gasteiger partial charge >= 0.3 is 0 Å². The van der Waals surface area contributed by atoms with Crippen LogP contribution < -0.4 is 0 Å². The molecule has 8 heteroatoms. The van der Waals surface area contributed by atoms with Crippen molar-refractivity contribution in [3.8, 4) is 0 Å². The number of rotatable bonds is 5. The molecule has 0 spiro atoms. The van der Waals surface area contributed by atoms with Crippen LogP contribution in [0.4, 0.5) is 0 Å². The van der Waals surface area contributed by atoms with Gasteiger partial charge in [0.05, 0.1) is 18.1 Å².